The van der Waals surface area contributed by atoms with Gasteiger partial charge in [-0.25, -0.2) is 4.98 Å². The molecule has 0 amide bonds. The van der Waals surface area contributed by atoms with Crippen molar-refractivity contribution in [2.45, 2.75) is 45.1 Å². The number of ketones is 1. The summed E-state index contributed by atoms with van der Waals surface area (Å²) < 4.78 is 7.40. The fraction of sp³-hybridized carbons (Fsp3) is 0.267. The number of nitrogens with zero attached hydrogens (tertiary/aromatic N) is 2. The zero-order valence-electron chi connectivity index (χ0n) is 21.0. The molecule has 0 radical (unpaired) electrons. The molecule has 1 heterocycles. The molecule has 0 saturated heterocycles. The third-order valence-electron chi connectivity index (χ3n) is 6.35. The molecule has 0 spiro atoms. The number of rotatable bonds is 8. The molecular weight excluding hydrogens is 452 g/mol. The van der Waals surface area contributed by atoms with Gasteiger partial charge in [0, 0.05) is 24.5 Å². The van der Waals surface area contributed by atoms with Gasteiger partial charge in [-0.3, -0.25) is 14.2 Å². The maximum atomic E-state index is 13.6. The Morgan fingerprint density at radius 3 is 2.28 bits per heavy atom. The van der Waals surface area contributed by atoms with Gasteiger partial charge in [0.05, 0.1) is 11.3 Å². The number of imidazole rings is 1. The summed E-state index contributed by atoms with van der Waals surface area (Å²) in [6.07, 6.45) is 3.77. The molecule has 6 nitrogen and oxygen atoms in total. The number of hydrogen-bond donors (Lipinski definition) is 0. The Balaban J connectivity index is 1.76. The van der Waals surface area contributed by atoms with Crippen molar-refractivity contribution in [1.82, 2.24) is 9.55 Å². The van der Waals surface area contributed by atoms with E-state index in [2.05, 4.69) is 4.98 Å². The van der Waals surface area contributed by atoms with E-state index in [0.29, 0.717) is 5.56 Å². The van der Waals surface area contributed by atoms with Crippen LogP contribution in [0.25, 0.3) is 16.5 Å². The van der Waals surface area contributed by atoms with Gasteiger partial charge in [-0.05, 0) is 56.2 Å². The molecule has 0 aliphatic rings. The quantitative estimate of drug-likeness (QED) is 0.183. The Kier molecular flexibility index (Phi) is 6.88. The van der Waals surface area contributed by atoms with Crippen molar-refractivity contribution in [3.05, 3.63) is 96.6 Å². The lowest BCUT2D eigenvalue weighted by Crippen LogP contribution is -2.43. The van der Waals surface area contributed by atoms with Crippen LogP contribution in [-0.2, 0) is 19.7 Å². The first kappa shape index (κ1) is 25.0. The number of aromatic nitrogens is 2. The fourth-order valence-electron chi connectivity index (χ4n) is 4.37. The number of esters is 1. The topological polar surface area (TPSA) is 78.3 Å². The first-order valence-corrected chi connectivity index (χ1v) is 11.9. The Labute approximate surface area is 210 Å². The third kappa shape index (κ3) is 5.13. The molecule has 3 aromatic carbocycles. The van der Waals surface area contributed by atoms with Crippen LogP contribution < -0.4 is 0 Å². The molecule has 2 atom stereocenters. The van der Waals surface area contributed by atoms with Gasteiger partial charge >= 0.3 is 5.97 Å². The number of fused-ring (bicyclic) bond motifs is 1. The van der Waals surface area contributed by atoms with Crippen LogP contribution >= 0.6 is 0 Å². The van der Waals surface area contributed by atoms with Gasteiger partial charge in [0.15, 0.2) is 11.6 Å². The number of Topliss-reactive ketones (excluding diaryl/α,β-unsaturated/α-hetero) is 1. The highest BCUT2D eigenvalue weighted by Gasteiger charge is 2.44. The molecule has 184 valence electrons. The smallest absolute Gasteiger partial charge is 0.311 e. The number of hydrogen-bond acceptors (Lipinski definition) is 5. The Morgan fingerprint density at radius 1 is 0.944 bits per heavy atom. The van der Waals surface area contributed by atoms with E-state index in [0.717, 1.165) is 22.7 Å². The van der Waals surface area contributed by atoms with Gasteiger partial charge < -0.3 is 9.53 Å². The summed E-state index contributed by atoms with van der Waals surface area (Å²) in [5.41, 5.74) is -0.661. The number of carbonyl (C=O) groups excluding carboxylic acids is 3. The molecule has 6 heteroatoms. The average molecular weight is 483 g/mol. The predicted molar refractivity (Wildman–Crippen MR) is 139 cm³/mol. The first-order chi connectivity index (χ1) is 17.1. The lowest BCUT2D eigenvalue weighted by Gasteiger charge is -2.34. The van der Waals surface area contributed by atoms with Crippen molar-refractivity contribution in [3.63, 3.8) is 0 Å². The number of carbonyl (C=O) groups is 3. The summed E-state index contributed by atoms with van der Waals surface area (Å²) in [5, 5.41) is 1.96. The summed E-state index contributed by atoms with van der Waals surface area (Å²) >= 11 is 0. The van der Waals surface area contributed by atoms with Gasteiger partial charge in [0.1, 0.15) is 11.9 Å². The van der Waals surface area contributed by atoms with Gasteiger partial charge in [-0.15, -0.1) is 0 Å². The number of ether oxygens (including phenoxy) is 1. The highest BCUT2D eigenvalue weighted by molar-refractivity contribution is 5.97. The molecule has 4 aromatic rings. The Hall–Kier alpha value is -4.06. The van der Waals surface area contributed by atoms with E-state index < -0.39 is 22.9 Å². The predicted octanol–water partition coefficient (Wildman–Crippen LogP) is 5.71. The largest absolute Gasteiger partial charge is 0.460 e. The van der Waals surface area contributed by atoms with E-state index in [9.17, 15) is 14.4 Å². The van der Waals surface area contributed by atoms with Gasteiger partial charge in [0.25, 0.3) is 0 Å². The molecule has 0 saturated carbocycles. The number of benzene rings is 3. The minimum Gasteiger partial charge on any atom is -0.460 e. The lowest BCUT2D eigenvalue weighted by atomic mass is 9.70. The van der Waals surface area contributed by atoms with Crippen LogP contribution in [0.1, 0.15) is 50.3 Å². The van der Waals surface area contributed by atoms with Crippen LogP contribution in [0.5, 0.6) is 0 Å². The average Bonchev–Trinajstić information content (AvgIpc) is 3.36. The molecule has 0 bridgehead atoms. The Morgan fingerprint density at radius 2 is 1.61 bits per heavy atom. The zero-order valence-corrected chi connectivity index (χ0v) is 21.0. The minimum absolute atomic E-state index is 0.196. The van der Waals surface area contributed by atoms with Crippen LogP contribution in [0, 0.1) is 5.92 Å². The summed E-state index contributed by atoms with van der Waals surface area (Å²) in [5.74, 6) is -1.81. The molecule has 1 aromatic heterocycles. The third-order valence-corrected chi connectivity index (χ3v) is 6.35. The minimum atomic E-state index is -1.30. The molecule has 0 fully saturated rings. The second kappa shape index (κ2) is 9.90. The van der Waals surface area contributed by atoms with Crippen molar-refractivity contribution < 1.29 is 19.1 Å². The lowest BCUT2D eigenvalue weighted by molar-refractivity contribution is -0.163. The van der Waals surface area contributed by atoms with Crippen molar-refractivity contribution >= 4 is 28.8 Å². The van der Waals surface area contributed by atoms with Crippen molar-refractivity contribution in [2.24, 2.45) is 5.92 Å². The van der Waals surface area contributed by atoms with Crippen LogP contribution in [-0.4, -0.2) is 33.2 Å². The highest BCUT2D eigenvalue weighted by atomic mass is 16.6. The summed E-state index contributed by atoms with van der Waals surface area (Å²) in [4.78, 5) is 44.0. The van der Waals surface area contributed by atoms with E-state index in [1.165, 1.54) is 0 Å². The van der Waals surface area contributed by atoms with E-state index >= 15 is 0 Å². The van der Waals surface area contributed by atoms with Gasteiger partial charge in [-0.2, -0.15) is 0 Å². The van der Waals surface area contributed by atoms with Crippen LogP contribution in [0.4, 0.5) is 0 Å². The monoisotopic (exact) mass is 482 g/mol. The maximum Gasteiger partial charge on any atom is 0.311 e. The van der Waals surface area contributed by atoms with Gasteiger partial charge in [-0.1, -0.05) is 60.7 Å². The van der Waals surface area contributed by atoms with Gasteiger partial charge in [0.2, 0.25) is 0 Å². The van der Waals surface area contributed by atoms with Crippen LogP contribution in [0.15, 0.2) is 85.2 Å². The van der Waals surface area contributed by atoms with Crippen molar-refractivity contribution in [1.29, 1.82) is 0 Å². The van der Waals surface area contributed by atoms with E-state index in [1.54, 1.807) is 44.7 Å². The molecule has 0 aliphatic heterocycles. The van der Waals surface area contributed by atoms with Crippen LogP contribution in [0.2, 0.25) is 0 Å². The van der Waals surface area contributed by atoms with E-state index in [1.807, 2.05) is 72.8 Å². The molecule has 0 N–H and O–H groups in total. The fourth-order valence-corrected chi connectivity index (χ4v) is 4.37. The Bertz CT molecular complexity index is 1400. The number of aldehydes is 1. The first-order valence-electron chi connectivity index (χ1n) is 11.9. The SMILES string of the molecule is CC(C)(C)OC(=O)[C@H](CC(=O)c1nccn1-c1ccccc1)[C@](C)(C=O)c1ccc2ccccc2c1. The number of para-hydroxylation sites is 1. The van der Waals surface area contributed by atoms with Crippen LogP contribution in [0.3, 0.4) is 0 Å². The van der Waals surface area contributed by atoms with E-state index in [-0.39, 0.29) is 18.0 Å². The van der Waals surface area contributed by atoms with Crippen molar-refractivity contribution in [3.8, 4) is 5.69 Å². The standard InChI is InChI=1S/C30H30N2O4/c1-29(2,3)36-28(35)25(19-26(34)27-31-16-17-32(27)24-12-6-5-7-13-24)30(4,20-33)23-15-14-21-10-8-9-11-22(21)18-23/h5-18,20,25H,19H2,1-4H3/t25-,30+/m0/s1. The second-order valence-electron chi connectivity index (χ2n) is 10.1. The molecule has 36 heavy (non-hydrogen) atoms. The normalized spacial score (nSPS) is 14.1. The molecule has 4 rings (SSSR count). The highest BCUT2D eigenvalue weighted by Crippen LogP contribution is 2.37. The molecule has 0 aliphatic carbocycles. The summed E-state index contributed by atoms with van der Waals surface area (Å²) in [6, 6.07) is 22.8. The molecule has 0 unspecified atom stereocenters. The van der Waals surface area contributed by atoms with E-state index in [4.69, 9.17) is 4.74 Å². The second-order valence-corrected chi connectivity index (χ2v) is 10.1. The summed E-state index contributed by atoms with van der Waals surface area (Å²) in [7, 11) is 0. The maximum absolute atomic E-state index is 13.6. The zero-order chi connectivity index (χ0) is 25.9. The summed E-state index contributed by atoms with van der Waals surface area (Å²) in [6.45, 7) is 6.98. The van der Waals surface area contributed by atoms with Crippen molar-refractivity contribution in [2.75, 3.05) is 0 Å². The molecular formula is C30H30N2O4.